The Kier molecular flexibility index (Phi) is 7.09. The van der Waals surface area contributed by atoms with Crippen LogP contribution in [-0.4, -0.2) is 41.3 Å². The molecule has 2 heterocycles. The summed E-state index contributed by atoms with van der Waals surface area (Å²) in [7, 11) is 0. The van der Waals surface area contributed by atoms with Crippen LogP contribution < -0.4 is 5.73 Å². The maximum absolute atomic E-state index is 13.5. The highest BCUT2D eigenvalue weighted by atomic mass is 16.6. The standard InChI is InChI=1S/C36H52N2O3/c1-22-16-32-33(38(20-22)34(39)40-21-25-8-6-5-7-9-25)24(3)36(41-32)15-13-28-29-11-10-26-17-27(37)12-14-35(26,4)31(29)18-30(28)23(2)19-36/h5-9,22,24,26-29,31-33H,10-21,37H2,1-4H3/t22-,24+,26+,27+,28-,29-,31-,32+,33-,35-,36-/m0/s1. The van der Waals surface area contributed by atoms with Crippen molar-refractivity contribution in [2.45, 2.75) is 122 Å². The highest BCUT2D eigenvalue weighted by Crippen LogP contribution is 2.65. The lowest BCUT2D eigenvalue weighted by Crippen LogP contribution is -2.54. The molecule has 2 N–H and O–H groups in total. The third-order valence-electron chi connectivity index (χ3n) is 13.2. The number of benzene rings is 1. The van der Waals surface area contributed by atoms with Crippen molar-refractivity contribution in [1.82, 2.24) is 4.90 Å². The van der Waals surface area contributed by atoms with E-state index in [0.717, 1.165) is 55.0 Å². The second-order valence-electron chi connectivity index (χ2n) is 15.5. The largest absolute Gasteiger partial charge is 0.445 e. The van der Waals surface area contributed by atoms with Crippen LogP contribution in [0.25, 0.3) is 0 Å². The summed E-state index contributed by atoms with van der Waals surface area (Å²) < 4.78 is 13.1. The van der Waals surface area contributed by atoms with E-state index < -0.39 is 0 Å². The lowest BCUT2D eigenvalue weighted by Gasteiger charge is -2.54. The fourth-order valence-electron chi connectivity index (χ4n) is 11.1. The van der Waals surface area contributed by atoms with Crippen molar-refractivity contribution in [2.24, 2.45) is 46.7 Å². The number of likely N-dealkylation sites (tertiary alicyclic amines) is 1. The molecule has 0 aromatic heterocycles. The van der Waals surface area contributed by atoms with Crippen molar-refractivity contribution in [1.29, 1.82) is 0 Å². The number of piperidine rings is 1. The molecule has 0 radical (unpaired) electrons. The number of allylic oxidation sites excluding steroid dienone is 1. The Morgan fingerprint density at radius 3 is 2.71 bits per heavy atom. The summed E-state index contributed by atoms with van der Waals surface area (Å²) >= 11 is 0. The zero-order chi connectivity index (χ0) is 28.5. The summed E-state index contributed by atoms with van der Waals surface area (Å²) in [6, 6.07) is 10.5. The maximum Gasteiger partial charge on any atom is 0.410 e. The van der Waals surface area contributed by atoms with E-state index in [1.54, 1.807) is 11.1 Å². The summed E-state index contributed by atoms with van der Waals surface area (Å²) in [6.07, 6.45) is 12.2. The topological polar surface area (TPSA) is 64.8 Å². The average molecular weight is 561 g/mol. The number of nitrogens with two attached hydrogens (primary N) is 1. The van der Waals surface area contributed by atoms with Crippen molar-refractivity contribution in [2.75, 3.05) is 6.54 Å². The predicted molar refractivity (Wildman–Crippen MR) is 162 cm³/mol. The summed E-state index contributed by atoms with van der Waals surface area (Å²) in [5.74, 6) is 3.90. The summed E-state index contributed by atoms with van der Waals surface area (Å²) in [4.78, 5) is 15.6. The van der Waals surface area contributed by atoms with E-state index >= 15 is 0 Å². The van der Waals surface area contributed by atoms with Crippen LogP contribution in [0, 0.1) is 40.9 Å². The smallest absolute Gasteiger partial charge is 0.410 e. The molecule has 1 aromatic rings. The number of nitrogens with zero attached hydrogens (tertiary/aromatic N) is 1. The van der Waals surface area contributed by atoms with Gasteiger partial charge in [0.05, 0.1) is 17.7 Å². The molecule has 1 aromatic carbocycles. The molecule has 5 fully saturated rings. The quantitative estimate of drug-likeness (QED) is 0.381. The molecule has 2 saturated heterocycles. The van der Waals surface area contributed by atoms with Gasteiger partial charge < -0.3 is 20.1 Å². The molecule has 0 bridgehead atoms. The molecule has 5 heteroatoms. The molecule has 41 heavy (non-hydrogen) atoms. The summed E-state index contributed by atoms with van der Waals surface area (Å²) in [6.45, 7) is 10.8. The van der Waals surface area contributed by atoms with Crippen LogP contribution in [0.4, 0.5) is 4.79 Å². The van der Waals surface area contributed by atoms with E-state index in [4.69, 9.17) is 15.2 Å². The van der Waals surface area contributed by atoms with E-state index in [0.29, 0.717) is 29.9 Å². The second kappa shape index (κ2) is 10.4. The van der Waals surface area contributed by atoms with E-state index in [-0.39, 0.29) is 23.8 Å². The van der Waals surface area contributed by atoms with E-state index in [1.807, 2.05) is 35.2 Å². The minimum atomic E-state index is -0.177. The number of amides is 1. The van der Waals surface area contributed by atoms with Gasteiger partial charge in [0.2, 0.25) is 0 Å². The van der Waals surface area contributed by atoms with Gasteiger partial charge in [0.25, 0.3) is 0 Å². The third-order valence-corrected chi connectivity index (χ3v) is 13.2. The molecular weight excluding hydrogens is 508 g/mol. The Hall–Kier alpha value is -1.85. The first-order valence-corrected chi connectivity index (χ1v) is 16.8. The molecule has 2 aliphatic heterocycles. The van der Waals surface area contributed by atoms with Gasteiger partial charge in [-0.05, 0) is 112 Å². The van der Waals surface area contributed by atoms with Gasteiger partial charge in [0.15, 0.2) is 0 Å². The molecule has 1 amide bonds. The number of carbonyl (C=O) groups is 1. The van der Waals surface area contributed by atoms with Gasteiger partial charge in [-0.1, -0.05) is 62.2 Å². The van der Waals surface area contributed by atoms with Crippen molar-refractivity contribution in [3.8, 4) is 0 Å². The Morgan fingerprint density at radius 1 is 1.10 bits per heavy atom. The van der Waals surface area contributed by atoms with Gasteiger partial charge >= 0.3 is 6.09 Å². The summed E-state index contributed by atoms with van der Waals surface area (Å²) in [5, 5.41) is 0. The molecule has 6 aliphatic rings. The van der Waals surface area contributed by atoms with Gasteiger partial charge in [-0.15, -0.1) is 0 Å². The second-order valence-corrected chi connectivity index (χ2v) is 15.5. The number of rotatable bonds is 2. The van der Waals surface area contributed by atoms with Crippen LogP contribution in [0.5, 0.6) is 0 Å². The predicted octanol–water partition coefficient (Wildman–Crippen LogP) is 7.49. The van der Waals surface area contributed by atoms with E-state index in [1.165, 1.54) is 44.9 Å². The molecule has 224 valence electrons. The fraction of sp³-hybridized carbons (Fsp3) is 0.750. The number of hydrogen-bond donors (Lipinski definition) is 1. The molecule has 5 nitrogen and oxygen atoms in total. The van der Waals surface area contributed by atoms with Crippen LogP contribution in [0.1, 0.15) is 97.5 Å². The van der Waals surface area contributed by atoms with Crippen LogP contribution in [0.2, 0.25) is 0 Å². The molecule has 11 atom stereocenters. The van der Waals surface area contributed by atoms with Crippen molar-refractivity contribution >= 4 is 6.09 Å². The fourth-order valence-corrected chi connectivity index (χ4v) is 11.1. The normalized spacial score (nSPS) is 45.5. The van der Waals surface area contributed by atoms with Crippen LogP contribution in [0.3, 0.4) is 0 Å². The molecule has 7 rings (SSSR count). The monoisotopic (exact) mass is 560 g/mol. The molecule has 3 saturated carbocycles. The lowest BCUT2D eigenvalue weighted by atomic mass is 9.52. The molecule has 4 aliphatic carbocycles. The van der Waals surface area contributed by atoms with Gasteiger partial charge in [-0.3, -0.25) is 0 Å². The van der Waals surface area contributed by atoms with Gasteiger partial charge in [0.1, 0.15) is 6.61 Å². The van der Waals surface area contributed by atoms with Crippen molar-refractivity contribution < 1.29 is 14.3 Å². The van der Waals surface area contributed by atoms with Gasteiger partial charge in [-0.2, -0.15) is 0 Å². The molecular formula is C36H52N2O3. The zero-order valence-corrected chi connectivity index (χ0v) is 25.8. The first kappa shape index (κ1) is 28.0. The minimum Gasteiger partial charge on any atom is -0.445 e. The molecule has 0 unspecified atom stereocenters. The van der Waals surface area contributed by atoms with Gasteiger partial charge in [-0.25, -0.2) is 4.79 Å². The number of carbonyl (C=O) groups excluding carboxylic acids is 1. The number of ether oxygens (including phenoxy) is 2. The van der Waals surface area contributed by atoms with E-state index in [2.05, 4.69) is 27.7 Å². The SMILES string of the molecule is CC1=C2C[C@H]3[C@@H](CC[C@@H]4C[C@H](N)CC[C@@]43C)[C@@H]2CC[C@@]2(C1)O[C@@H]1C[C@H](C)CN(C(=O)OCc3ccccc3)[C@H]1[C@H]2C. The number of fused-ring (bicyclic) bond motifs is 6. The molecule has 1 spiro atoms. The van der Waals surface area contributed by atoms with E-state index in [9.17, 15) is 4.79 Å². The zero-order valence-electron chi connectivity index (χ0n) is 25.8. The highest BCUT2D eigenvalue weighted by molar-refractivity contribution is 5.68. The van der Waals surface area contributed by atoms with Crippen molar-refractivity contribution in [3.05, 3.63) is 47.0 Å². The lowest BCUT2D eigenvalue weighted by molar-refractivity contribution is -0.0802. The number of hydrogen-bond acceptors (Lipinski definition) is 4. The van der Waals surface area contributed by atoms with Crippen LogP contribution in [0.15, 0.2) is 41.5 Å². The Labute approximate surface area is 247 Å². The Morgan fingerprint density at radius 2 is 1.90 bits per heavy atom. The average Bonchev–Trinajstić information content (AvgIpc) is 3.42. The van der Waals surface area contributed by atoms with Crippen LogP contribution >= 0.6 is 0 Å². The van der Waals surface area contributed by atoms with Crippen LogP contribution in [-0.2, 0) is 16.1 Å². The van der Waals surface area contributed by atoms with Crippen molar-refractivity contribution in [3.63, 3.8) is 0 Å². The Bertz CT molecular complexity index is 1180. The third kappa shape index (κ3) is 4.60. The Balaban J connectivity index is 1.11. The first-order valence-electron chi connectivity index (χ1n) is 16.8. The summed E-state index contributed by atoms with van der Waals surface area (Å²) in [5.41, 5.74) is 11.2. The maximum atomic E-state index is 13.5. The highest BCUT2D eigenvalue weighted by Gasteiger charge is 2.60. The first-order chi connectivity index (χ1) is 19.7. The van der Waals surface area contributed by atoms with Gasteiger partial charge in [0, 0.05) is 18.5 Å². The minimum absolute atomic E-state index is 0.0961.